The number of benzene rings is 1. The first-order valence-corrected chi connectivity index (χ1v) is 6.04. The first-order chi connectivity index (χ1) is 8.24. The van der Waals surface area contributed by atoms with Crippen LogP contribution in [-0.2, 0) is 13.1 Å². The van der Waals surface area contributed by atoms with Crippen molar-refractivity contribution >= 4 is 15.9 Å². The smallest absolute Gasteiger partial charge is 0.160 e. The van der Waals surface area contributed by atoms with E-state index in [1.165, 1.54) is 12.1 Å². The fraction of sp³-hybridized carbons (Fsp3) is 0.167. The summed E-state index contributed by atoms with van der Waals surface area (Å²) in [6.45, 7) is 1.59. The van der Waals surface area contributed by atoms with Gasteiger partial charge >= 0.3 is 0 Å². The van der Waals surface area contributed by atoms with E-state index in [1.54, 1.807) is 6.07 Å². The van der Waals surface area contributed by atoms with Crippen LogP contribution in [0.25, 0.3) is 11.4 Å². The van der Waals surface area contributed by atoms with Gasteiger partial charge in [-0.05, 0) is 34.1 Å². The Morgan fingerprint density at radius 1 is 1.29 bits per heavy atom. The molecule has 3 rings (SSSR count). The standard InChI is InChI=1S/C12H9BrFN3/c13-10-3-8(14)1-2-9(10)12-16-5-7-4-15-6-11(7)17-12/h1-3,5,15H,4,6H2. The van der Waals surface area contributed by atoms with Crippen molar-refractivity contribution in [2.75, 3.05) is 0 Å². The van der Waals surface area contributed by atoms with E-state index in [4.69, 9.17) is 0 Å². The molecule has 3 nitrogen and oxygen atoms in total. The molecule has 0 atom stereocenters. The van der Waals surface area contributed by atoms with Gasteiger partial charge in [-0.25, -0.2) is 14.4 Å². The molecule has 1 aliphatic rings. The molecule has 17 heavy (non-hydrogen) atoms. The number of fused-ring (bicyclic) bond motifs is 1. The number of halogens is 2. The first kappa shape index (κ1) is 10.8. The van der Waals surface area contributed by atoms with Crippen LogP contribution in [0.2, 0.25) is 0 Å². The summed E-state index contributed by atoms with van der Waals surface area (Å²) in [5, 5.41) is 3.22. The lowest BCUT2D eigenvalue weighted by Crippen LogP contribution is -2.00. The second kappa shape index (κ2) is 4.16. The minimum Gasteiger partial charge on any atom is -0.307 e. The van der Waals surface area contributed by atoms with Crippen molar-refractivity contribution in [2.45, 2.75) is 13.1 Å². The van der Waals surface area contributed by atoms with E-state index in [1.807, 2.05) is 6.20 Å². The molecule has 0 unspecified atom stereocenters. The lowest BCUT2D eigenvalue weighted by molar-refractivity contribution is 0.627. The summed E-state index contributed by atoms with van der Waals surface area (Å²) < 4.78 is 13.7. The maximum Gasteiger partial charge on any atom is 0.160 e. The Morgan fingerprint density at radius 2 is 2.18 bits per heavy atom. The van der Waals surface area contributed by atoms with Crippen molar-refractivity contribution < 1.29 is 4.39 Å². The third kappa shape index (κ3) is 1.96. The maximum absolute atomic E-state index is 13.0. The Hall–Kier alpha value is -1.33. The largest absolute Gasteiger partial charge is 0.307 e. The van der Waals surface area contributed by atoms with Crippen LogP contribution in [0.15, 0.2) is 28.9 Å². The number of hydrogen-bond acceptors (Lipinski definition) is 3. The van der Waals surface area contributed by atoms with Crippen LogP contribution in [0.3, 0.4) is 0 Å². The molecule has 2 aromatic rings. The van der Waals surface area contributed by atoms with Gasteiger partial charge in [-0.3, -0.25) is 0 Å². The Balaban J connectivity index is 2.09. The normalized spacial score (nSPS) is 13.8. The summed E-state index contributed by atoms with van der Waals surface area (Å²) in [4.78, 5) is 8.80. The second-order valence-corrected chi connectivity index (χ2v) is 4.75. The Bertz CT molecular complexity index is 586. The van der Waals surface area contributed by atoms with Gasteiger partial charge in [0.05, 0.1) is 5.69 Å². The Labute approximate surface area is 106 Å². The number of aromatic nitrogens is 2. The molecule has 0 radical (unpaired) electrons. The zero-order valence-electron chi connectivity index (χ0n) is 8.87. The van der Waals surface area contributed by atoms with E-state index >= 15 is 0 Å². The topological polar surface area (TPSA) is 37.8 Å². The van der Waals surface area contributed by atoms with Crippen molar-refractivity contribution in [2.24, 2.45) is 0 Å². The van der Waals surface area contributed by atoms with E-state index < -0.39 is 0 Å². The molecule has 1 aliphatic heterocycles. The van der Waals surface area contributed by atoms with E-state index in [0.29, 0.717) is 10.3 Å². The van der Waals surface area contributed by atoms with Gasteiger partial charge in [0, 0.05) is 34.9 Å². The molecule has 1 N–H and O–H groups in total. The van der Waals surface area contributed by atoms with Crippen molar-refractivity contribution in [3.8, 4) is 11.4 Å². The predicted octanol–water partition coefficient (Wildman–Crippen LogP) is 2.65. The van der Waals surface area contributed by atoms with Crippen LogP contribution < -0.4 is 5.32 Å². The molecule has 0 fully saturated rings. The van der Waals surface area contributed by atoms with Gasteiger partial charge in [0.2, 0.25) is 0 Å². The quantitative estimate of drug-likeness (QED) is 0.878. The van der Waals surface area contributed by atoms with Crippen molar-refractivity contribution in [3.05, 3.63) is 45.9 Å². The average Bonchev–Trinajstić information content (AvgIpc) is 2.75. The second-order valence-electron chi connectivity index (χ2n) is 3.89. The summed E-state index contributed by atoms with van der Waals surface area (Å²) >= 11 is 3.33. The van der Waals surface area contributed by atoms with Crippen LogP contribution in [0.1, 0.15) is 11.3 Å². The van der Waals surface area contributed by atoms with Gasteiger partial charge in [-0.15, -0.1) is 0 Å². The van der Waals surface area contributed by atoms with Crippen LogP contribution in [0.5, 0.6) is 0 Å². The minimum atomic E-state index is -0.275. The Morgan fingerprint density at radius 3 is 3.00 bits per heavy atom. The van der Waals surface area contributed by atoms with Crippen LogP contribution >= 0.6 is 15.9 Å². The van der Waals surface area contributed by atoms with Crippen molar-refractivity contribution in [3.63, 3.8) is 0 Å². The molecule has 0 saturated carbocycles. The SMILES string of the molecule is Fc1ccc(-c2ncc3c(n2)CNC3)c(Br)c1. The van der Waals surface area contributed by atoms with E-state index in [-0.39, 0.29) is 5.82 Å². The molecule has 5 heteroatoms. The molecular formula is C12H9BrFN3. The minimum absolute atomic E-state index is 0.275. The molecule has 1 aromatic carbocycles. The van der Waals surface area contributed by atoms with E-state index in [0.717, 1.165) is 29.9 Å². The Kier molecular flexibility index (Phi) is 2.64. The fourth-order valence-corrected chi connectivity index (χ4v) is 2.39. The van der Waals surface area contributed by atoms with Crippen LogP contribution in [-0.4, -0.2) is 9.97 Å². The number of nitrogens with zero attached hydrogens (tertiary/aromatic N) is 2. The first-order valence-electron chi connectivity index (χ1n) is 5.25. The summed E-state index contributed by atoms with van der Waals surface area (Å²) in [6.07, 6.45) is 1.83. The highest BCUT2D eigenvalue weighted by Crippen LogP contribution is 2.27. The highest BCUT2D eigenvalue weighted by Gasteiger charge is 2.14. The fourth-order valence-electron chi connectivity index (χ4n) is 1.86. The van der Waals surface area contributed by atoms with Crippen molar-refractivity contribution in [1.29, 1.82) is 0 Å². The average molecular weight is 294 g/mol. The molecule has 0 amide bonds. The molecule has 0 saturated heterocycles. The van der Waals surface area contributed by atoms with Gasteiger partial charge in [-0.1, -0.05) is 0 Å². The molecule has 1 aromatic heterocycles. The summed E-state index contributed by atoms with van der Waals surface area (Å²) in [5.41, 5.74) is 2.96. The summed E-state index contributed by atoms with van der Waals surface area (Å²) in [5.74, 6) is 0.350. The lowest BCUT2D eigenvalue weighted by Gasteiger charge is -2.05. The zero-order valence-corrected chi connectivity index (χ0v) is 10.5. The predicted molar refractivity (Wildman–Crippen MR) is 65.7 cm³/mol. The van der Waals surface area contributed by atoms with Gasteiger partial charge in [0.15, 0.2) is 5.82 Å². The van der Waals surface area contributed by atoms with Gasteiger partial charge in [0.1, 0.15) is 5.82 Å². The summed E-state index contributed by atoms with van der Waals surface area (Å²) in [6, 6.07) is 4.52. The van der Waals surface area contributed by atoms with E-state index in [2.05, 4.69) is 31.2 Å². The zero-order chi connectivity index (χ0) is 11.8. The highest BCUT2D eigenvalue weighted by molar-refractivity contribution is 9.10. The number of nitrogens with one attached hydrogen (secondary N) is 1. The van der Waals surface area contributed by atoms with Gasteiger partial charge in [0.25, 0.3) is 0 Å². The molecule has 86 valence electrons. The van der Waals surface area contributed by atoms with E-state index in [9.17, 15) is 4.39 Å². The van der Waals surface area contributed by atoms with Crippen LogP contribution in [0.4, 0.5) is 4.39 Å². The molecular weight excluding hydrogens is 285 g/mol. The number of rotatable bonds is 1. The summed E-state index contributed by atoms with van der Waals surface area (Å²) in [7, 11) is 0. The van der Waals surface area contributed by atoms with Gasteiger partial charge in [-0.2, -0.15) is 0 Å². The third-order valence-electron chi connectivity index (χ3n) is 2.73. The maximum atomic E-state index is 13.0. The molecule has 0 aliphatic carbocycles. The monoisotopic (exact) mass is 293 g/mol. The molecule has 0 bridgehead atoms. The van der Waals surface area contributed by atoms with Crippen molar-refractivity contribution in [1.82, 2.24) is 15.3 Å². The van der Waals surface area contributed by atoms with Crippen LogP contribution in [0, 0.1) is 5.82 Å². The third-order valence-corrected chi connectivity index (χ3v) is 3.39. The molecule has 0 spiro atoms. The van der Waals surface area contributed by atoms with Gasteiger partial charge < -0.3 is 5.32 Å². The molecule has 2 heterocycles. The highest BCUT2D eigenvalue weighted by atomic mass is 79.9. The number of hydrogen-bond donors (Lipinski definition) is 1. The lowest BCUT2D eigenvalue weighted by atomic mass is 10.2.